The summed E-state index contributed by atoms with van der Waals surface area (Å²) in [5.74, 6) is -0.658. The second-order valence-electron chi connectivity index (χ2n) is 3.29. The first kappa shape index (κ1) is 14.2. The predicted molar refractivity (Wildman–Crippen MR) is 57.4 cm³/mol. The van der Waals surface area contributed by atoms with Gasteiger partial charge in [0.05, 0.1) is 15.5 Å². The maximum atomic E-state index is 12.5. The van der Waals surface area contributed by atoms with E-state index in [4.69, 9.17) is 11.6 Å². The van der Waals surface area contributed by atoms with Crippen LogP contribution in [0.25, 0.3) is 0 Å². The Morgan fingerprint density at radius 3 is 2.39 bits per heavy atom. The van der Waals surface area contributed by atoms with E-state index in [1.54, 1.807) is 0 Å². The van der Waals surface area contributed by atoms with Gasteiger partial charge in [-0.1, -0.05) is 11.6 Å². The summed E-state index contributed by atoms with van der Waals surface area (Å²) in [6.07, 6.45) is -4.81. The lowest BCUT2D eigenvalue weighted by molar-refractivity contribution is -0.384. The van der Waals surface area contributed by atoms with Crippen LogP contribution in [0.4, 0.5) is 24.5 Å². The minimum Gasteiger partial charge on any atom is -0.321 e. The Hall–Kier alpha value is -1.83. The van der Waals surface area contributed by atoms with E-state index in [1.807, 2.05) is 5.32 Å². The van der Waals surface area contributed by atoms with Crippen molar-refractivity contribution in [3.63, 3.8) is 0 Å². The van der Waals surface area contributed by atoms with Gasteiger partial charge in [-0.25, -0.2) is 0 Å². The van der Waals surface area contributed by atoms with Gasteiger partial charge in [-0.2, -0.15) is 13.2 Å². The lowest BCUT2D eigenvalue weighted by Crippen LogP contribution is -2.11. The molecule has 1 amide bonds. The van der Waals surface area contributed by atoms with Crippen LogP contribution in [0.1, 0.15) is 12.5 Å². The Balaban J connectivity index is 3.44. The fourth-order valence-corrected chi connectivity index (χ4v) is 1.49. The van der Waals surface area contributed by atoms with E-state index < -0.39 is 33.3 Å². The minimum absolute atomic E-state index is 0.285. The maximum Gasteiger partial charge on any atom is 0.418 e. The number of carbonyl (C=O) groups excluding carboxylic acids is 1. The number of rotatable bonds is 2. The third kappa shape index (κ3) is 3.10. The highest BCUT2D eigenvalue weighted by molar-refractivity contribution is 6.32. The summed E-state index contributed by atoms with van der Waals surface area (Å²) in [7, 11) is 0. The number of amides is 1. The van der Waals surface area contributed by atoms with Crippen LogP contribution in [-0.2, 0) is 11.0 Å². The van der Waals surface area contributed by atoms with Crippen molar-refractivity contribution in [1.82, 2.24) is 0 Å². The molecule has 0 aliphatic rings. The molecular weight excluding hydrogens is 277 g/mol. The number of nitrogens with one attached hydrogen (secondary N) is 1. The SMILES string of the molecule is CC(=O)Nc1cc(Cl)c(C(F)(F)F)cc1[N+](=O)[O-]. The molecule has 0 aliphatic carbocycles. The van der Waals surface area contributed by atoms with Crippen LogP contribution < -0.4 is 5.32 Å². The molecule has 98 valence electrons. The van der Waals surface area contributed by atoms with Crippen molar-refractivity contribution < 1.29 is 22.9 Å². The van der Waals surface area contributed by atoms with Crippen LogP contribution in [0.2, 0.25) is 5.02 Å². The largest absolute Gasteiger partial charge is 0.418 e. The molecule has 0 atom stereocenters. The van der Waals surface area contributed by atoms with Crippen molar-refractivity contribution in [3.8, 4) is 0 Å². The van der Waals surface area contributed by atoms with E-state index in [0.29, 0.717) is 6.07 Å². The van der Waals surface area contributed by atoms with Crippen molar-refractivity contribution >= 4 is 28.9 Å². The number of carbonyl (C=O) groups is 1. The van der Waals surface area contributed by atoms with Gasteiger partial charge < -0.3 is 5.32 Å². The van der Waals surface area contributed by atoms with Crippen LogP contribution in [0, 0.1) is 10.1 Å². The monoisotopic (exact) mass is 282 g/mol. The molecule has 5 nitrogen and oxygen atoms in total. The number of hydrogen-bond acceptors (Lipinski definition) is 3. The number of nitrogens with zero attached hydrogens (tertiary/aromatic N) is 1. The molecule has 0 fully saturated rings. The molecule has 0 saturated carbocycles. The highest BCUT2D eigenvalue weighted by atomic mass is 35.5. The number of anilines is 1. The summed E-state index contributed by atoms with van der Waals surface area (Å²) < 4.78 is 37.5. The molecule has 1 aromatic rings. The quantitative estimate of drug-likeness (QED) is 0.668. The van der Waals surface area contributed by atoms with E-state index in [2.05, 4.69) is 0 Å². The van der Waals surface area contributed by atoms with Crippen LogP contribution in [-0.4, -0.2) is 10.8 Å². The Bertz CT molecular complexity index is 517. The first-order valence-corrected chi connectivity index (χ1v) is 4.83. The number of benzene rings is 1. The first-order chi connectivity index (χ1) is 8.12. The highest BCUT2D eigenvalue weighted by Gasteiger charge is 2.36. The van der Waals surface area contributed by atoms with E-state index in [9.17, 15) is 28.1 Å². The van der Waals surface area contributed by atoms with Crippen molar-refractivity contribution in [2.24, 2.45) is 0 Å². The molecule has 1 N–H and O–H groups in total. The van der Waals surface area contributed by atoms with Crippen LogP contribution >= 0.6 is 11.6 Å². The van der Waals surface area contributed by atoms with Gasteiger partial charge in [0.2, 0.25) is 5.91 Å². The van der Waals surface area contributed by atoms with Crippen LogP contribution in [0.3, 0.4) is 0 Å². The molecule has 0 heterocycles. The van der Waals surface area contributed by atoms with Crippen molar-refractivity contribution in [2.75, 3.05) is 5.32 Å². The number of halogens is 4. The lowest BCUT2D eigenvalue weighted by Gasteiger charge is -2.11. The molecule has 1 aromatic carbocycles. The molecule has 0 radical (unpaired) electrons. The van der Waals surface area contributed by atoms with E-state index in [0.717, 1.165) is 6.92 Å². The van der Waals surface area contributed by atoms with Crippen molar-refractivity contribution in [2.45, 2.75) is 13.1 Å². The van der Waals surface area contributed by atoms with Gasteiger partial charge in [0.1, 0.15) is 5.69 Å². The number of hydrogen-bond donors (Lipinski definition) is 1. The Kier molecular flexibility index (Phi) is 3.80. The second kappa shape index (κ2) is 4.81. The van der Waals surface area contributed by atoms with Gasteiger partial charge >= 0.3 is 6.18 Å². The summed E-state index contributed by atoms with van der Waals surface area (Å²) in [5.41, 5.74) is -2.59. The van der Waals surface area contributed by atoms with Gasteiger partial charge in [0, 0.05) is 13.0 Å². The highest BCUT2D eigenvalue weighted by Crippen LogP contribution is 2.40. The molecule has 18 heavy (non-hydrogen) atoms. The number of nitro groups is 1. The zero-order valence-electron chi connectivity index (χ0n) is 8.84. The van der Waals surface area contributed by atoms with Gasteiger partial charge in [-0.15, -0.1) is 0 Å². The van der Waals surface area contributed by atoms with Crippen molar-refractivity contribution in [3.05, 3.63) is 32.8 Å². The smallest absolute Gasteiger partial charge is 0.321 e. The van der Waals surface area contributed by atoms with E-state index >= 15 is 0 Å². The summed E-state index contributed by atoms with van der Waals surface area (Å²) in [4.78, 5) is 20.4. The summed E-state index contributed by atoms with van der Waals surface area (Å²) in [6.45, 7) is 1.06. The summed E-state index contributed by atoms with van der Waals surface area (Å²) in [6, 6.07) is 0.984. The zero-order valence-corrected chi connectivity index (χ0v) is 9.59. The Morgan fingerprint density at radius 1 is 1.44 bits per heavy atom. The van der Waals surface area contributed by atoms with Gasteiger partial charge in [-0.05, 0) is 6.07 Å². The van der Waals surface area contributed by atoms with Crippen molar-refractivity contribution in [1.29, 1.82) is 0 Å². The molecule has 1 rings (SSSR count). The maximum absolute atomic E-state index is 12.5. The molecule has 0 unspecified atom stereocenters. The molecule has 0 bridgehead atoms. The van der Waals surface area contributed by atoms with Gasteiger partial charge in [0.25, 0.3) is 5.69 Å². The van der Waals surface area contributed by atoms with Crippen LogP contribution in [0.15, 0.2) is 12.1 Å². The summed E-state index contributed by atoms with van der Waals surface area (Å²) in [5, 5.41) is 12.0. The molecular formula is C9H6ClF3N2O3. The Morgan fingerprint density at radius 2 is 2.00 bits per heavy atom. The first-order valence-electron chi connectivity index (χ1n) is 4.45. The third-order valence-electron chi connectivity index (χ3n) is 1.90. The molecule has 0 spiro atoms. The third-order valence-corrected chi connectivity index (χ3v) is 2.21. The predicted octanol–water partition coefficient (Wildman–Crippen LogP) is 3.23. The zero-order chi connectivity index (χ0) is 14.1. The van der Waals surface area contributed by atoms with E-state index in [-0.39, 0.29) is 11.8 Å². The standard InChI is InChI=1S/C9H6ClF3N2O3/c1-4(16)14-7-3-6(10)5(9(11,12)13)2-8(7)15(17)18/h2-3H,1H3,(H,14,16). The molecule has 0 saturated heterocycles. The second-order valence-corrected chi connectivity index (χ2v) is 3.69. The van der Waals surface area contributed by atoms with Gasteiger partial charge in [0.15, 0.2) is 0 Å². The molecule has 0 aliphatic heterocycles. The number of nitro benzene ring substituents is 1. The summed E-state index contributed by atoms with van der Waals surface area (Å²) >= 11 is 5.38. The van der Waals surface area contributed by atoms with Crippen LogP contribution in [0.5, 0.6) is 0 Å². The fraction of sp³-hybridized carbons (Fsp3) is 0.222. The van der Waals surface area contributed by atoms with E-state index in [1.165, 1.54) is 0 Å². The number of alkyl halides is 3. The minimum atomic E-state index is -4.81. The average molecular weight is 283 g/mol. The normalized spacial score (nSPS) is 11.2. The van der Waals surface area contributed by atoms with Gasteiger partial charge in [-0.3, -0.25) is 14.9 Å². The topological polar surface area (TPSA) is 72.2 Å². The lowest BCUT2D eigenvalue weighted by atomic mass is 10.1. The molecule has 0 aromatic heterocycles. The Labute approximate surface area is 104 Å². The fourth-order valence-electron chi connectivity index (χ4n) is 1.22. The average Bonchev–Trinajstić information content (AvgIpc) is 2.13. The molecule has 9 heteroatoms.